The Labute approximate surface area is 110 Å². The van der Waals surface area contributed by atoms with Crippen LogP contribution in [0.5, 0.6) is 0 Å². The third-order valence-electron chi connectivity index (χ3n) is 3.18. The lowest BCUT2D eigenvalue weighted by atomic mass is 10.0. The molecule has 1 N–H and O–H groups in total. The molecule has 0 saturated heterocycles. The lowest BCUT2D eigenvalue weighted by molar-refractivity contribution is 0.628. The molecule has 0 spiro atoms. The topological polar surface area (TPSA) is 12.0 Å². The lowest BCUT2D eigenvalue weighted by Gasteiger charge is -2.13. The monoisotopic (exact) mass is 259 g/mol. The minimum Gasteiger partial charge on any atom is -0.384 e. The standard InChI is InChI=1S/C15H14FNS/c16-12-4-3-5-13(8-12)17-9-11-10-18-15-7-2-1-6-14(11)15/h1-8,11,17H,9-10H2. The van der Waals surface area contributed by atoms with Crippen LogP contribution in [0, 0.1) is 5.82 Å². The van der Waals surface area contributed by atoms with E-state index in [1.54, 1.807) is 6.07 Å². The average Bonchev–Trinajstić information content (AvgIpc) is 2.80. The third-order valence-corrected chi connectivity index (χ3v) is 4.43. The van der Waals surface area contributed by atoms with Gasteiger partial charge in [-0.25, -0.2) is 4.39 Å². The zero-order valence-electron chi connectivity index (χ0n) is 9.90. The minimum absolute atomic E-state index is 0.193. The summed E-state index contributed by atoms with van der Waals surface area (Å²) in [7, 11) is 0. The molecular weight excluding hydrogens is 245 g/mol. The van der Waals surface area contributed by atoms with E-state index in [-0.39, 0.29) is 5.82 Å². The molecule has 1 aliphatic heterocycles. The number of nitrogens with one attached hydrogen (secondary N) is 1. The van der Waals surface area contributed by atoms with Crippen molar-refractivity contribution >= 4 is 17.4 Å². The van der Waals surface area contributed by atoms with E-state index < -0.39 is 0 Å². The number of benzene rings is 2. The van der Waals surface area contributed by atoms with Crippen LogP contribution in [0.25, 0.3) is 0 Å². The zero-order chi connectivity index (χ0) is 12.4. The third kappa shape index (κ3) is 2.36. The normalized spacial score (nSPS) is 17.5. The molecule has 18 heavy (non-hydrogen) atoms. The fourth-order valence-corrected chi connectivity index (χ4v) is 3.49. The number of fused-ring (bicyclic) bond motifs is 1. The molecule has 2 aromatic rings. The van der Waals surface area contributed by atoms with Crippen molar-refractivity contribution in [3.05, 3.63) is 59.9 Å². The maximum Gasteiger partial charge on any atom is 0.125 e. The van der Waals surface area contributed by atoms with E-state index in [9.17, 15) is 4.39 Å². The molecule has 0 aliphatic carbocycles. The Kier molecular flexibility index (Phi) is 3.24. The van der Waals surface area contributed by atoms with Crippen LogP contribution in [-0.4, -0.2) is 12.3 Å². The van der Waals surface area contributed by atoms with Gasteiger partial charge in [0.25, 0.3) is 0 Å². The summed E-state index contributed by atoms with van der Waals surface area (Å²) >= 11 is 1.90. The van der Waals surface area contributed by atoms with Gasteiger partial charge in [-0.15, -0.1) is 11.8 Å². The van der Waals surface area contributed by atoms with Crippen molar-refractivity contribution < 1.29 is 4.39 Å². The Morgan fingerprint density at radius 3 is 2.94 bits per heavy atom. The predicted octanol–water partition coefficient (Wildman–Crippen LogP) is 4.13. The summed E-state index contributed by atoms with van der Waals surface area (Å²) in [5, 5.41) is 3.31. The zero-order valence-corrected chi connectivity index (χ0v) is 10.7. The highest BCUT2D eigenvalue weighted by Gasteiger charge is 2.22. The van der Waals surface area contributed by atoms with Crippen LogP contribution >= 0.6 is 11.8 Å². The van der Waals surface area contributed by atoms with Gasteiger partial charge in [-0.05, 0) is 29.8 Å². The summed E-state index contributed by atoms with van der Waals surface area (Å²) in [6.45, 7) is 0.855. The first kappa shape index (κ1) is 11.6. The molecule has 1 unspecified atom stereocenters. The minimum atomic E-state index is -0.193. The van der Waals surface area contributed by atoms with E-state index in [2.05, 4.69) is 29.6 Å². The highest BCUT2D eigenvalue weighted by atomic mass is 32.2. The average molecular weight is 259 g/mol. The molecule has 0 bridgehead atoms. The van der Waals surface area contributed by atoms with E-state index in [4.69, 9.17) is 0 Å². The highest BCUT2D eigenvalue weighted by molar-refractivity contribution is 7.99. The van der Waals surface area contributed by atoms with Gasteiger partial charge in [-0.1, -0.05) is 24.3 Å². The van der Waals surface area contributed by atoms with Crippen LogP contribution in [0.1, 0.15) is 11.5 Å². The first-order chi connectivity index (χ1) is 8.83. The van der Waals surface area contributed by atoms with E-state index in [0.717, 1.165) is 18.0 Å². The first-order valence-corrected chi connectivity index (χ1v) is 7.02. The molecular formula is C15H14FNS. The van der Waals surface area contributed by atoms with Crippen molar-refractivity contribution in [3.63, 3.8) is 0 Å². The van der Waals surface area contributed by atoms with Crippen molar-refractivity contribution in [1.29, 1.82) is 0 Å². The SMILES string of the molecule is Fc1cccc(NCC2CSc3ccccc32)c1. The van der Waals surface area contributed by atoms with Crippen molar-refractivity contribution in [3.8, 4) is 0 Å². The van der Waals surface area contributed by atoms with Crippen molar-refractivity contribution in [1.82, 2.24) is 0 Å². The van der Waals surface area contributed by atoms with Gasteiger partial charge in [0.2, 0.25) is 0 Å². The van der Waals surface area contributed by atoms with Crippen LogP contribution in [0.3, 0.4) is 0 Å². The van der Waals surface area contributed by atoms with Gasteiger partial charge in [0, 0.05) is 28.8 Å². The molecule has 3 rings (SSSR count). The number of hydrogen-bond acceptors (Lipinski definition) is 2. The Morgan fingerprint density at radius 2 is 2.06 bits per heavy atom. The Balaban J connectivity index is 1.69. The van der Waals surface area contributed by atoms with Crippen molar-refractivity contribution in [2.24, 2.45) is 0 Å². The maximum absolute atomic E-state index is 13.1. The molecule has 1 aliphatic rings. The van der Waals surface area contributed by atoms with Gasteiger partial charge in [0.1, 0.15) is 5.82 Å². The summed E-state index contributed by atoms with van der Waals surface area (Å²) in [6.07, 6.45) is 0. The van der Waals surface area contributed by atoms with E-state index in [1.807, 2.05) is 17.8 Å². The molecule has 0 saturated carbocycles. The van der Waals surface area contributed by atoms with E-state index >= 15 is 0 Å². The second kappa shape index (κ2) is 5.02. The quantitative estimate of drug-likeness (QED) is 0.889. The highest BCUT2D eigenvalue weighted by Crippen LogP contribution is 2.39. The second-order valence-electron chi connectivity index (χ2n) is 4.44. The maximum atomic E-state index is 13.1. The Hall–Kier alpha value is -1.48. The fourth-order valence-electron chi connectivity index (χ4n) is 2.24. The summed E-state index contributed by atoms with van der Waals surface area (Å²) in [5.41, 5.74) is 2.26. The number of rotatable bonds is 3. The van der Waals surface area contributed by atoms with Crippen LogP contribution < -0.4 is 5.32 Å². The fraction of sp³-hybridized carbons (Fsp3) is 0.200. The molecule has 1 heterocycles. The van der Waals surface area contributed by atoms with E-state index in [0.29, 0.717) is 5.92 Å². The predicted molar refractivity (Wildman–Crippen MR) is 74.8 cm³/mol. The number of thioether (sulfide) groups is 1. The van der Waals surface area contributed by atoms with Crippen molar-refractivity contribution in [2.75, 3.05) is 17.6 Å². The van der Waals surface area contributed by atoms with Gasteiger partial charge in [0.15, 0.2) is 0 Å². The Morgan fingerprint density at radius 1 is 1.17 bits per heavy atom. The summed E-state index contributed by atoms with van der Waals surface area (Å²) in [4.78, 5) is 1.38. The van der Waals surface area contributed by atoms with E-state index in [1.165, 1.54) is 22.6 Å². The molecule has 2 aromatic carbocycles. The Bertz CT molecular complexity index is 556. The number of halogens is 1. The number of anilines is 1. The van der Waals surface area contributed by atoms with Crippen molar-refractivity contribution in [2.45, 2.75) is 10.8 Å². The summed E-state index contributed by atoms with van der Waals surface area (Å²) in [5.74, 6) is 1.41. The largest absolute Gasteiger partial charge is 0.384 e. The molecule has 3 heteroatoms. The van der Waals surface area contributed by atoms with Gasteiger partial charge >= 0.3 is 0 Å². The summed E-state index contributed by atoms with van der Waals surface area (Å²) < 4.78 is 13.1. The van der Waals surface area contributed by atoms with Crippen LogP contribution in [-0.2, 0) is 0 Å². The van der Waals surface area contributed by atoms with Gasteiger partial charge < -0.3 is 5.32 Å². The lowest BCUT2D eigenvalue weighted by Crippen LogP contribution is -2.12. The van der Waals surface area contributed by atoms with Crippen LogP contribution in [0.2, 0.25) is 0 Å². The molecule has 0 fully saturated rings. The smallest absolute Gasteiger partial charge is 0.125 e. The second-order valence-corrected chi connectivity index (χ2v) is 5.50. The van der Waals surface area contributed by atoms with Gasteiger partial charge in [0.05, 0.1) is 0 Å². The summed E-state index contributed by atoms with van der Waals surface area (Å²) in [6, 6.07) is 15.1. The number of hydrogen-bond donors (Lipinski definition) is 1. The molecule has 1 atom stereocenters. The van der Waals surface area contributed by atoms with Crippen LogP contribution in [0.4, 0.5) is 10.1 Å². The molecule has 0 aromatic heterocycles. The van der Waals surface area contributed by atoms with Crippen LogP contribution in [0.15, 0.2) is 53.4 Å². The molecule has 0 amide bonds. The molecule has 0 radical (unpaired) electrons. The molecule has 92 valence electrons. The van der Waals surface area contributed by atoms with Gasteiger partial charge in [-0.3, -0.25) is 0 Å². The first-order valence-electron chi connectivity index (χ1n) is 6.04. The molecule has 1 nitrogen and oxygen atoms in total. The van der Waals surface area contributed by atoms with Gasteiger partial charge in [-0.2, -0.15) is 0 Å².